The maximum absolute atomic E-state index is 12.7. The van der Waals surface area contributed by atoms with Crippen LogP contribution in [-0.2, 0) is 24.3 Å². The van der Waals surface area contributed by atoms with Crippen molar-refractivity contribution in [2.24, 2.45) is 0 Å². The van der Waals surface area contributed by atoms with Crippen molar-refractivity contribution >= 4 is 27.6 Å². The molecule has 0 amide bonds. The molecule has 2 aromatic carbocycles. The molecule has 8 heteroatoms. The zero-order valence-corrected chi connectivity index (χ0v) is 15.4. The largest absolute Gasteiger partial charge is 0.466 e. The lowest BCUT2D eigenvalue weighted by molar-refractivity contribution is -0.144. The molecule has 0 aliphatic rings. The molecule has 0 aromatic heterocycles. The number of para-hydroxylation sites is 1. The first-order valence-corrected chi connectivity index (χ1v) is 9.16. The fourth-order valence-corrected chi connectivity index (χ4v) is 3.62. The van der Waals surface area contributed by atoms with E-state index in [1.165, 1.54) is 19.2 Å². The number of nitrogens with one attached hydrogen (secondary N) is 1. The Bertz CT molecular complexity index is 936. The fraction of sp³-hybridized carbons (Fsp3) is 0.222. The van der Waals surface area contributed by atoms with Crippen molar-refractivity contribution in [1.82, 2.24) is 0 Å². The molecule has 2 aromatic rings. The summed E-state index contributed by atoms with van der Waals surface area (Å²) in [6, 6.07) is 11.1. The summed E-state index contributed by atoms with van der Waals surface area (Å²) in [5.41, 5.74) is 1.42. The molecule has 0 atom stereocenters. The van der Waals surface area contributed by atoms with E-state index in [1.54, 1.807) is 38.1 Å². The molecule has 138 valence electrons. The minimum Gasteiger partial charge on any atom is -0.466 e. The second-order valence-electron chi connectivity index (χ2n) is 5.57. The number of rotatable bonds is 6. The molecule has 1 N–H and O–H groups in total. The van der Waals surface area contributed by atoms with Crippen LogP contribution in [0.15, 0.2) is 47.4 Å². The molecule has 0 saturated heterocycles. The summed E-state index contributed by atoms with van der Waals surface area (Å²) in [6.07, 6.45) is 0. The number of hydrogen-bond donors (Lipinski definition) is 1. The number of aryl methyl sites for hydroxylation is 2. The molecule has 0 unspecified atom stereocenters. The van der Waals surface area contributed by atoms with Gasteiger partial charge in [0.25, 0.3) is 10.0 Å². The second-order valence-corrected chi connectivity index (χ2v) is 7.22. The van der Waals surface area contributed by atoms with Crippen molar-refractivity contribution in [2.45, 2.75) is 18.7 Å². The lowest BCUT2D eigenvalue weighted by Crippen LogP contribution is -2.19. The Balaban J connectivity index is 2.31. The summed E-state index contributed by atoms with van der Waals surface area (Å²) in [5.74, 6) is -1.55. The number of benzene rings is 2. The Hall–Kier alpha value is -2.87. The summed E-state index contributed by atoms with van der Waals surface area (Å²) >= 11 is 0. The Morgan fingerprint density at radius 3 is 2.46 bits per heavy atom. The highest BCUT2D eigenvalue weighted by molar-refractivity contribution is 7.92. The van der Waals surface area contributed by atoms with Crippen molar-refractivity contribution in [1.29, 1.82) is 0 Å². The van der Waals surface area contributed by atoms with Crippen LogP contribution in [0, 0.1) is 13.8 Å². The fourth-order valence-electron chi connectivity index (χ4n) is 2.21. The number of hydrogen-bond acceptors (Lipinski definition) is 6. The van der Waals surface area contributed by atoms with E-state index in [-0.39, 0.29) is 16.1 Å². The lowest BCUT2D eigenvalue weighted by atomic mass is 10.2. The summed E-state index contributed by atoms with van der Waals surface area (Å²) in [7, 11) is -2.74. The molecule has 2 rings (SSSR count). The quantitative estimate of drug-likeness (QED) is 0.777. The van der Waals surface area contributed by atoms with Gasteiger partial charge in [0, 0.05) is 0 Å². The SMILES string of the molecule is COC(=O)COC(=O)c1ccccc1NS(=O)(=O)c1cc(C)ccc1C. The van der Waals surface area contributed by atoms with Crippen molar-refractivity contribution in [3.63, 3.8) is 0 Å². The molecule has 0 fully saturated rings. The smallest absolute Gasteiger partial charge is 0.344 e. The van der Waals surface area contributed by atoms with Gasteiger partial charge in [-0.05, 0) is 43.2 Å². The predicted octanol–water partition coefficient (Wildman–Crippen LogP) is 2.43. The average Bonchev–Trinajstić information content (AvgIpc) is 2.61. The first-order chi connectivity index (χ1) is 12.2. The average molecular weight is 377 g/mol. The number of esters is 2. The molecular weight excluding hydrogens is 358 g/mol. The highest BCUT2D eigenvalue weighted by Gasteiger charge is 2.21. The first kappa shape index (κ1) is 19.5. The zero-order chi connectivity index (χ0) is 19.3. The highest BCUT2D eigenvalue weighted by Crippen LogP contribution is 2.23. The minimum atomic E-state index is -3.91. The number of carbonyl (C=O) groups excluding carboxylic acids is 2. The van der Waals surface area contributed by atoms with E-state index in [9.17, 15) is 18.0 Å². The van der Waals surface area contributed by atoms with Crippen molar-refractivity contribution in [2.75, 3.05) is 18.4 Å². The Labute approximate surface area is 152 Å². The van der Waals surface area contributed by atoms with Gasteiger partial charge in [-0.3, -0.25) is 4.72 Å². The molecule has 26 heavy (non-hydrogen) atoms. The van der Waals surface area contributed by atoms with Crippen LogP contribution in [0.4, 0.5) is 5.69 Å². The first-order valence-electron chi connectivity index (χ1n) is 7.67. The van der Waals surface area contributed by atoms with Crippen LogP contribution in [0.5, 0.6) is 0 Å². The van der Waals surface area contributed by atoms with Crippen LogP contribution in [-0.4, -0.2) is 34.1 Å². The van der Waals surface area contributed by atoms with Gasteiger partial charge in [-0.2, -0.15) is 0 Å². The molecule has 0 saturated carbocycles. The highest BCUT2D eigenvalue weighted by atomic mass is 32.2. The molecule has 0 spiro atoms. The van der Waals surface area contributed by atoms with Gasteiger partial charge in [0.15, 0.2) is 6.61 Å². The molecule has 0 radical (unpaired) electrons. The van der Waals surface area contributed by atoms with E-state index in [0.717, 1.165) is 5.56 Å². The van der Waals surface area contributed by atoms with Crippen LogP contribution in [0.2, 0.25) is 0 Å². The monoisotopic (exact) mass is 377 g/mol. The molecule has 0 aliphatic heterocycles. The number of anilines is 1. The third-order valence-electron chi connectivity index (χ3n) is 3.57. The van der Waals surface area contributed by atoms with Crippen LogP contribution in [0.1, 0.15) is 21.5 Å². The van der Waals surface area contributed by atoms with Gasteiger partial charge in [0.2, 0.25) is 0 Å². The third kappa shape index (κ3) is 4.60. The summed E-state index contributed by atoms with van der Waals surface area (Å²) in [6.45, 7) is 2.91. The molecule has 7 nitrogen and oxygen atoms in total. The topological polar surface area (TPSA) is 98.8 Å². The summed E-state index contributed by atoms with van der Waals surface area (Å²) < 4.78 is 37.1. The maximum Gasteiger partial charge on any atom is 0.344 e. The number of ether oxygens (including phenoxy) is 2. The standard InChI is InChI=1S/C18H19NO6S/c1-12-8-9-13(2)16(10-12)26(22,23)19-15-7-5-4-6-14(15)18(21)25-11-17(20)24-3/h4-10,19H,11H2,1-3H3. The van der Waals surface area contributed by atoms with Crippen LogP contribution in [0.25, 0.3) is 0 Å². The predicted molar refractivity (Wildman–Crippen MR) is 95.5 cm³/mol. The number of methoxy groups -OCH3 is 1. The lowest BCUT2D eigenvalue weighted by Gasteiger charge is -2.14. The van der Waals surface area contributed by atoms with Crippen LogP contribution >= 0.6 is 0 Å². The summed E-state index contributed by atoms with van der Waals surface area (Å²) in [4.78, 5) is 23.4. The van der Waals surface area contributed by atoms with Gasteiger partial charge in [0.05, 0.1) is 23.3 Å². The zero-order valence-electron chi connectivity index (χ0n) is 14.6. The second kappa shape index (κ2) is 8.01. The van der Waals surface area contributed by atoms with Gasteiger partial charge in [-0.15, -0.1) is 0 Å². The van der Waals surface area contributed by atoms with Crippen molar-refractivity contribution < 1.29 is 27.5 Å². The van der Waals surface area contributed by atoms with E-state index in [0.29, 0.717) is 5.56 Å². The van der Waals surface area contributed by atoms with E-state index < -0.39 is 28.6 Å². The Kier molecular flexibility index (Phi) is 5.99. The van der Waals surface area contributed by atoms with E-state index in [4.69, 9.17) is 4.74 Å². The van der Waals surface area contributed by atoms with Crippen LogP contribution < -0.4 is 4.72 Å². The van der Waals surface area contributed by atoms with Gasteiger partial charge >= 0.3 is 11.9 Å². The number of sulfonamides is 1. The van der Waals surface area contributed by atoms with Gasteiger partial charge in [-0.1, -0.05) is 24.3 Å². The minimum absolute atomic E-state index is 0.00900. The third-order valence-corrected chi connectivity index (χ3v) is 5.08. The molecule has 0 heterocycles. The van der Waals surface area contributed by atoms with E-state index in [1.807, 2.05) is 6.07 Å². The van der Waals surface area contributed by atoms with Crippen molar-refractivity contribution in [3.05, 3.63) is 59.2 Å². The van der Waals surface area contributed by atoms with Crippen molar-refractivity contribution in [3.8, 4) is 0 Å². The van der Waals surface area contributed by atoms with Gasteiger partial charge < -0.3 is 9.47 Å². The molecule has 0 bridgehead atoms. The normalized spacial score (nSPS) is 10.9. The summed E-state index contributed by atoms with van der Waals surface area (Å²) in [5, 5.41) is 0. The Morgan fingerprint density at radius 1 is 1.08 bits per heavy atom. The van der Waals surface area contributed by atoms with E-state index in [2.05, 4.69) is 9.46 Å². The number of carbonyl (C=O) groups is 2. The molecule has 0 aliphatic carbocycles. The Morgan fingerprint density at radius 2 is 1.77 bits per heavy atom. The van der Waals surface area contributed by atoms with Crippen LogP contribution in [0.3, 0.4) is 0 Å². The maximum atomic E-state index is 12.7. The molecular formula is C18H19NO6S. The van der Waals surface area contributed by atoms with Gasteiger partial charge in [0.1, 0.15) is 0 Å². The van der Waals surface area contributed by atoms with E-state index >= 15 is 0 Å². The van der Waals surface area contributed by atoms with Gasteiger partial charge in [-0.25, -0.2) is 18.0 Å².